The SMILES string of the molecule is Cc1cc(C(=O)NCC(=O)N2C[Si](C)(C)C[C@H]2C(=O)NCc2cc(C(=N)N)cs2)ccc1Oc1ccccc1. The van der Waals surface area contributed by atoms with Gasteiger partial charge < -0.3 is 26.0 Å². The summed E-state index contributed by atoms with van der Waals surface area (Å²) in [5.41, 5.74) is 7.36. The van der Waals surface area contributed by atoms with E-state index in [0.29, 0.717) is 41.4 Å². The molecule has 0 radical (unpaired) electrons. The van der Waals surface area contributed by atoms with Crippen LogP contribution in [0.25, 0.3) is 0 Å². The summed E-state index contributed by atoms with van der Waals surface area (Å²) < 4.78 is 5.88. The van der Waals surface area contributed by atoms with Crippen LogP contribution in [-0.2, 0) is 16.1 Å². The van der Waals surface area contributed by atoms with Gasteiger partial charge in [0, 0.05) is 27.6 Å². The molecular formula is C28H33N5O4SSi. The van der Waals surface area contributed by atoms with Gasteiger partial charge in [0.05, 0.1) is 21.2 Å². The van der Waals surface area contributed by atoms with Crippen LogP contribution in [0.3, 0.4) is 0 Å². The maximum Gasteiger partial charge on any atom is 0.251 e. The lowest BCUT2D eigenvalue weighted by Crippen LogP contribution is -2.49. The van der Waals surface area contributed by atoms with E-state index in [1.54, 1.807) is 34.5 Å². The number of nitrogens with two attached hydrogens (primary N) is 1. The summed E-state index contributed by atoms with van der Waals surface area (Å²) in [7, 11) is -1.80. The third-order valence-electron chi connectivity index (χ3n) is 6.55. The average Bonchev–Trinajstić information content (AvgIpc) is 3.51. The Morgan fingerprint density at radius 3 is 2.51 bits per heavy atom. The summed E-state index contributed by atoms with van der Waals surface area (Å²) in [5, 5.41) is 14.9. The Kier molecular flexibility index (Phi) is 8.51. The van der Waals surface area contributed by atoms with Gasteiger partial charge in [-0.15, -0.1) is 11.3 Å². The Morgan fingerprint density at radius 2 is 1.85 bits per heavy atom. The number of ether oxygens (including phenoxy) is 1. The third kappa shape index (κ3) is 7.12. The third-order valence-corrected chi connectivity index (χ3v) is 10.2. The van der Waals surface area contributed by atoms with E-state index >= 15 is 0 Å². The first kappa shape index (κ1) is 28.1. The number of nitrogens with one attached hydrogen (secondary N) is 3. The van der Waals surface area contributed by atoms with Crippen LogP contribution in [0.4, 0.5) is 0 Å². The number of carbonyl (C=O) groups is 3. The average molecular weight is 564 g/mol. The Balaban J connectivity index is 1.34. The molecule has 1 saturated heterocycles. The summed E-state index contributed by atoms with van der Waals surface area (Å²) in [6, 6.07) is 16.4. The van der Waals surface area contributed by atoms with Crippen LogP contribution in [0.5, 0.6) is 11.5 Å². The van der Waals surface area contributed by atoms with Gasteiger partial charge in [-0.25, -0.2) is 0 Å². The highest BCUT2D eigenvalue weighted by molar-refractivity contribution is 7.10. The summed E-state index contributed by atoms with van der Waals surface area (Å²) in [5.74, 6) is 0.473. The van der Waals surface area contributed by atoms with Crippen molar-refractivity contribution in [3.8, 4) is 11.5 Å². The van der Waals surface area contributed by atoms with Gasteiger partial charge in [-0.05, 0) is 54.9 Å². The number of nitrogen functional groups attached to an aromatic ring is 1. The minimum absolute atomic E-state index is 0.0159. The molecular weight excluding hydrogens is 530 g/mol. The van der Waals surface area contributed by atoms with Crippen molar-refractivity contribution in [2.24, 2.45) is 5.73 Å². The summed E-state index contributed by atoms with van der Waals surface area (Å²) >= 11 is 1.42. The molecule has 1 aliphatic rings. The first-order chi connectivity index (χ1) is 18.5. The number of rotatable bonds is 9. The van der Waals surface area contributed by atoms with Gasteiger partial charge in [0.2, 0.25) is 11.8 Å². The lowest BCUT2D eigenvalue weighted by atomic mass is 10.1. The molecule has 1 fully saturated rings. The predicted octanol–water partition coefficient (Wildman–Crippen LogP) is 3.64. The van der Waals surface area contributed by atoms with Gasteiger partial charge >= 0.3 is 0 Å². The Labute approximate surface area is 232 Å². The smallest absolute Gasteiger partial charge is 0.251 e. The molecule has 0 bridgehead atoms. The van der Waals surface area contributed by atoms with Crippen LogP contribution >= 0.6 is 11.3 Å². The van der Waals surface area contributed by atoms with Crippen LogP contribution in [0.15, 0.2) is 60.0 Å². The number of thiophene rings is 1. The molecule has 0 aliphatic carbocycles. The molecule has 1 atom stereocenters. The number of para-hydroxylation sites is 1. The van der Waals surface area contributed by atoms with Crippen molar-refractivity contribution in [1.29, 1.82) is 5.41 Å². The number of hydrogen-bond acceptors (Lipinski definition) is 6. The lowest BCUT2D eigenvalue weighted by Gasteiger charge is -2.24. The predicted molar refractivity (Wildman–Crippen MR) is 155 cm³/mol. The highest BCUT2D eigenvalue weighted by Gasteiger charge is 2.44. The molecule has 39 heavy (non-hydrogen) atoms. The van der Waals surface area contributed by atoms with E-state index in [4.69, 9.17) is 15.9 Å². The summed E-state index contributed by atoms with van der Waals surface area (Å²) in [4.78, 5) is 41.5. The van der Waals surface area contributed by atoms with E-state index in [9.17, 15) is 14.4 Å². The van der Waals surface area contributed by atoms with Crippen LogP contribution in [-0.4, -0.2) is 55.3 Å². The standard InChI is InChI=1S/C28H33N5O4SSi/c1-18-11-19(9-10-24(18)37-21-7-5-4-6-8-21)27(35)32-14-25(34)33-17-39(2,3)16-23(33)28(36)31-13-22-12-20(15-38-22)26(29)30/h4-12,15,23H,13-14,16-17H2,1-3H3,(H3,29,30)(H,31,36)(H,32,35)/t23-/m0/s1. The van der Waals surface area contributed by atoms with Gasteiger partial charge in [-0.1, -0.05) is 31.3 Å². The second kappa shape index (κ2) is 11.8. The number of amides is 3. The second-order valence-electron chi connectivity index (χ2n) is 10.4. The van der Waals surface area contributed by atoms with E-state index in [0.717, 1.165) is 10.4 Å². The van der Waals surface area contributed by atoms with Crippen LogP contribution < -0.4 is 21.1 Å². The largest absolute Gasteiger partial charge is 0.457 e. The maximum absolute atomic E-state index is 13.2. The normalized spacial score (nSPS) is 16.0. The van der Waals surface area contributed by atoms with Gasteiger partial charge in [0.1, 0.15) is 23.4 Å². The number of benzene rings is 2. The van der Waals surface area contributed by atoms with Gasteiger partial charge in [-0.2, -0.15) is 0 Å². The Hall–Kier alpha value is -3.96. The Bertz CT molecular complexity index is 1390. The van der Waals surface area contributed by atoms with Crippen molar-refractivity contribution in [2.75, 3.05) is 12.7 Å². The second-order valence-corrected chi connectivity index (χ2v) is 16.5. The fourth-order valence-corrected chi connectivity index (χ4v) is 8.28. The van der Waals surface area contributed by atoms with Crippen molar-refractivity contribution in [3.05, 3.63) is 81.5 Å². The molecule has 3 aromatic rings. The molecule has 11 heteroatoms. The molecule has 4 rings (SSSR count). The number of aryl methyl sites for hydroxylation is 1. The van der Waals surface area contributed by atoms with E-state index < -0.39 is 14.1 Å². The number of hydrogen-bond donors (Lipinski definition) is 4. The molecule has 1 aliphatic heterocycles. The molecule has 9 nitrogen and oxygen atoms in total. The fraction of sp³-hybridized carbons (Fsp3) is 0.286. The minimum atomic E-state index is -1.80. The van der Waals surface area contributed by atoms with Crippen LogP contribution in [0, 0.1) is 12.3 Å². The summed E-state index contributed by atoms with van der Waals surface area (Å²) in [6.45, 7) is 6.27. The zero-order chi connectivity index (χ0) is 28.2. The first-order valence-electron chi connectivity index (χ1n) is 12.6. The van der Waals surface area contributed by atoms with Crippen LogP contribution in [0.1, 0.15) is 26.4 Å². The molecule has 5 N–H and O–H groups in total. The van der Waals surface area contributed by atoms with Crippen molar-refractivity contribution in [3.63, 3.8) is 0 Å². The fourth-order valence-electron chi connectivity index (χ4n) is 4.55. The number of carbonyl (C=O) groups excluding carboxylic acids is 3. The van der Waals surface area contributed by atoms with Crippen molar-refractivity contribution < 1.29 is 19.1 Å². The van der Waals surface area contributed by atoms with Crippen molar-refractivity contribution in [1.82, 2.24) is 15.5 Å². The molecule has 0 unspecified atom stereocenters. The molecule has 2 aromatic carbocycles. The molecule has 1 aromatic heterocycles. The highest BCUT2D eigenvalue weighted by Crippen LogP contribution is 2.28. The van der Waals surface area contributed by atoms with E-state index in [1.807, 2.05) is 37.3 Å². The Morgan fingerprint density at radius 1 is 1.10 bits per heavy atom. The van der Waals surface area contributed by atoms with E-state index in [1.165, 1.54) is 11.3 Å². The molecule has 2 heterocycles. The molecule has 3 amide bonds. The number of nitrogens with zero attached hydrogens (tertiary/aromatic N) is 1. The maximum atomic E-state index is 13.2. The quantitative estimate of drug-likeness (QED) is 0.179. The zero-order valence-electron chi connectivity index (χ0n) is 22.2. The van der Waals surface area contributed by atoms with Crippen LogP contribution in [0.2, 0.25) is 19.1 Å². The first-order valence-corrected chi connectivity index (χ1v) is 16.9. The molecule has 0 spiro atoms. The van der Waals surface area contributed by atoms with E-state index in [2.05, 4.69) is 23.7 Å². The highest BCUT2D eigenvalue weighted by atomic mass is 32.1. The summed E-state index contributed by atoms with van der Waals surface area (Å²) in [6.07, 6.45) is 0.553. The lowest BCUT2D eigenvalue weighted by molar-refractivity contribution is -0.137. The van der Waals surface area contributed by atoms with Crippen molar-refractivity contribution in [2.45, 2.75) is 38.6 Å². The molecule has 204 valence electrons. The number of amidine groups is 1. The van der Waals surface area contributed by atoms with Gasteiger partial charge in [0.15, 0.2) is 0 Å². The van der Waals surface area contributed by atoms with E-state index in [-0.39, 0.29) is 30.1 Å². The van der Waals surface area contributed by atoms with Gasteiger partial charge in [-0.3, -0.25) is 19.8 Å². The zero-order valence-corrected chi connectivity index (χ0v) is 24.1. The van der Waals surface area contributed by atoms with Crippen molar-refractivity contribution >= 4 is 43.0 Å². The minimum Gasteiger partial charge on any atom is -0.457 e. The monoisotopic (exact) mass is 563 g/mol. The topological polar surface area (TPSA) is 138 Å². The van der Waals surface area contributed by atoms with Gasteiger partial charge in [0.25, 0.3) is 5.91 Å². The molecule has 0 saturated carbocycles.